The number of rotatable bonds is 14. The number of hydrogen-bond acceptors (Lipinski definition) is 10. The van der Waals surface area contributed by atoms with Crippen LogP contribution in [0.25, 0.3) is 0 Å². The molecule has 3 atom stereocenters. The van der Waals surface area contributed by atoms with Gasteiger partial charge in [0.1, 0.15) is 25.3 Å². The summed E-state index contributed by atoms with van der Waals surface area (Å²) in [5.74, 6) is -1.94. The van der Waals surface area contributed by atoms with E-state index in [2.05, 4.69) is 10.2 Å². The molecule has 2 heterocycles. The van der Waals surface area contributed by atoms with Crippen molar-refractivity contribution in [3.63, 3.8) is 0 Å². The summed E-state index contributed by atoms with van der Waals surface area (Å²) in [4.78, 5) is 52.6. The number of benzene rings is 1. The van der Waals surface area contributed by atoms with Gasteiger partial charge in [-0.25, -0.2) is 9.80 Å². The van der Waals surface area contributed by atoms with E-state index in [1.165, 1.54) is 5.01 Å². The molecule has 3 rings (SSSR count). The second-order valence-electron chi connectivity index (χ2n) is 8.91. The number of hydrazine groups is 1. The molecule has 0 bridgehead atoms. The Morgan fingerprint density at radius 2 is 1.81 bits per heavy atom. The molecular weight excluding hydrogens is 488 g/mol. The topological polar surface area (TPSA) is 161 Å². The van der Waals surface area contributed by atoms with Crippen molar-refractivity contribution in [2.75, 3.05) is 39.5 Å². The Hall–Kier alpha value is -3.29. The molecule has 0 radical (unpaired) electrons. The van der Waals surface area contributed by atoms with Crippen molar-refractivity contribution in [3.8, 4) is 0 Å². The van der Waals surface area contributed by atoms with Gasteiger partial charge in [0.25, 0.3) is 11.0 Å². The van der Waals surface area contributed by atoms with Gasteiger partial charge in [0, 0.05) is 13.1 Å². The summed E-state index contributed by atoms with van der Waals surface area (Å²) in [7, 11) is 0. The first-order chi connectivity index (χ1) is 17.9. The van der Waals surface area contributed by atoms with Gasteiger partial charge >= 0.3 is 11.9 Å². The summed E-state index contributed by atoms with van der Waals surface area (Å²) in [6.45, 7) is 0.904. The van der Waals surface area contributed by atoms with Gasteiger partial charge in [-0.1, -0.05) is 30.3 Å². The number of carboxylic acids is 1. The fourth-order valence-electron chi connectivity index (χ4n) is 4.59. The Bertz CT molecular complexity index is 917. The van der Waals surface area contributed by atoms with Crippen LogP contribution in [0.2, 0.25) is 0 Å². The minimum atomic E-state index is -1.04. The molecule has 1 aromatic rings. The molecule has 2 N–H and O–H groups in total. The Labute approximate surface area is 214 Å². The van der Waals surface area contributed by atoms with E-state index in [0.29, 0.717) is 51.6 Å². The molecule has 13 nitrogen and oxygen atoms in total. The summed E-state index contributed by atoms with van der Waals surface area (Å²) < 4.78 is 10.5. The fourth-order valence-corrected chi connectivity index (χ4v) is 4.59. The van der Waals surface area contributed by atoms with Crippen molar-refractivity contribution >= 4 is 17.8 Å². The maximum atomic E-state index is 13.5. The lowest BCUT2D eigenvalue weighted by atomic mass is 10.0. The first kappa shape index (κ1) is 28.3. The summed E-state index contributed by atoms with van der Waals surface area (Å²) in [6.07, 6.45) is 3.16. The molecule has 1 amide bonds. The van der Waals surface area contributed by atoms with Crippen molar-refractivity contribution in [3.05, 3.63) is 46.0 Å². The number of aryl methyl sites for hydroxylation is 1. The normalized spacial score (nSPS) is 21.0. The number of hydrogen-bond donors (Lipinski definition) is 2. The third-order valence-corrected chi connectivity index (χ3v) is 6.36. The van der Waals surface area contributed by atoms with Crippen LogP contribution in [0.1, 0.15) is 37.7 Å². The van der Waals surface area contributed by atoms with E-state index in [4.69, 9.17) is 9.47 Å². The van der Waals surface area contributed by atoms with Gasteiger partial charge in [-0.3, -0.25) is 19.9 Å². The average Bonchev–Trinajstić information content (AvgIpc) is 3.04. The van der Waals surface area contributed by atoms with Gasteiger partial charge in [0.05, 0.1) is 19.3 Å². The third-order valence-electron chi connectivity index (χ3n) is 6.36. The van der Waals surface area contributed by atoms with Gasteiger partial charge in [-0.2, -0.15) is 0 Å². The molecule has 0 aromatic heterocycles. The number of carbonyl (C=O) groups is 3. The van der Waals surface area contributed by atoms with Crippen LogP contribution in [-0.2, 0) is 35.1 Å². The molecule has 2 aliphatic rings. The minimum absolute atomic E-state index is 0.0259. The number of carbonyl (C=O) groups excluding carboxylic acids is 2. The van der Waals surface area contributed by atoms with Crippen molar-refractivity contribution < 1.29 is 38.9 Å². The number of carboxylic acid groups (broad SMARTS) is 1. The molecular formula is C24H34N4O9. The van der Waals surface area contributed by atoms with Crippen molar-refractivity contribution in [2.45, 2.75) is 56.7 Å². The maximum absolute atomic E-state index is 13.5. The lowest BCUT2D eigenvalue weighted by molar-refractivity contribution is -0.758. The molecule has 37 heavy (non-hydrogen) atoms. The zero-order valence-electron chi connectivity index (χ0n) is 20.7. The van der Waals surface area contributed by atoms with Crippen molar-refractivity contribution in [1.29, 1.82) is 0 Å². The zero-order valence-corrected chi connectivity index (χ0v) is 20.7. The van der Waals surface area contributed by atoms with Crippen LogP contribution in [0.3, 0.4) is 0 Å². The second-order valence-corrected chi connectivity index (χ2v) is 8.91. The molecule has 0 saturated carbocycles. The monoisotopic (exact) mass is 522 g/mol. The summed E-state index contributed by atoms with van der Waals surface area (Å²) in [5, 5.41) is 25.2. The molecule has 0 aliphatic carbocycles. The van der Waals surface area contributed by atoms with E-state index in [9.17, 15) is 29.6 Å². The van der Waals surface area contributed by atoms with Gasteiger partial charge in [0.2, 0.25) is 0 Å². The SMILES string of the molecule is O=C(OCCOCCO[N+](=O)[O-])C(CCc1ccccc1)NC1CCCN2CCCC(C(=O)O)N2C1=O. The van der Waals surface area contributed by atoms with Gasteiger partial charge in [-0.05, 0) is 44.1 Å². The standard InChI is InChI=1S/C24H34N4O9/c29-22-19(8-4-12-26-13-5-9-21(23(30)31)27(22)26)25-20(11-10-18-6-2-1-3-7-18)24(32)36-16-14-35-15-17-37-28(33)34/h1-3,6-7,19-21,25H,4-5,8-17H2,(H,30,31). The molecule has 3 unspecified atom stereocenters. The number of ether oxygens (including phenoxy) is 2. The lowest BCUT2D eigenvalue weighted by Crippen LogP contribution is -2.61. The number of aliphatic carboxylic acids is 1. The zero-order chi connectivity index (χ0) is 26.6. The van der Waals surface area contributed by atoms with Crippen molar-refractivity contribution in [1.82, 2.24) is 15.3 Å². The maximum Gasteiger partial charge on any atom is 0.328 e. The predicted molar refractivity (Wildman–Crippen MR) is 129 cm³/mol. The van der Waals surface area contributed by atoms with Crippen molar-refractivity contribution in [2.24, 2.45) is 0 Å². The van der Waals surface area contributed by atoms with Gasteiger partial charge in [0.15, 0.2) is 0 Å². The Morgan fingerprint density at radius 3 is 2.51 bits per heavy atom. The number of nitrogens with one attached hydrogen (secondary N) is 1. The van der Waals surface area contributed by atoms with E-state index in [-0.39, 0.29) is 32.3 Å². The summed E-state index contributed by atoms with van der Waals surface area (Å²) in [5.41, 5.74) is 1.02. The van der Waals surface area contributed by atoms with Crippen LogP contribution in [0.4, 0.5) is 0 Å². The van der Waals surface area contributed by atoms with Crippen LogP contribution in [0, 0.1) is 10.1 Å². The Balaban J connectivity index is 1.62. The average molecular weight is 523 g/mol. The molecule has 13 heteroatoms. The van der Waals surface area contributed by atoms with Crippen LogP contribution in [0.5, 0.6) is 0 Å². The molecule has 204 valence electrons. The lowest BCUT2D eigenvalue weighted by Gasteiger charge is -2.42. The van der Waals surface area contributed by atoms with E-state index in [1.54, 1.807) is 0 Å². The van der Waals surface area contributed by atoms with E-state index in [0.717, 1.165) is 5.56 Å². The highest BCUT2D eigenvalue weighted by Crippen LogP contribution is 2.24. The van der Waals surface area contributed by atoms with E-state index < -0.39 is 35.2 Å². The first-order valence-corrected chi connectivity index (χ1v) is 12.5. The highest BCUT2D eigenvalue weighted by atomic mass is 17.0. The molecule has 2 aliphatic heterocycles. The molecule has 2 saturated heterocycles. The van der Waals surface area contributed by atoms with E-state index in [1.807, 2.05) is 35.3 Å². The van der Waals surface area contributed by atoms with Crippen LogP contribution in [-0.4, -0.2) is 95.7 Å². The smallest absolute Gasteiger partial charge is 0.328 e. The van der Waals surface area contributed by atoms with Gasteiger partial charge in [-0.15, -0.1) is 10.1 Å². The second kappa shape index (κ2) is 14.4. The first-order valence-electron chi connectivity index (χ1n) is 12.5. The quantitative estimate of drug-likeness (QED) is 0.154. The number of nitrogens with zero attached hydrogens (tertiary/aromatic N) is 3. The Morgan fingerprint density at radius 1 is 1.11 bits per heavy atom. The number of fused-ring (bicyclic) bond motifs is 1. The predicted octanol–water partition coefficient (Wildman–Crippen LogP) is 0.801. The minimum Gasteiger partial charge on any atom is -0.480 e. The largest absolute Gasteiger partial charge is 0.480 e. The van der Waals surface area contributed by atoms with E-state index >= 15 is 0 Å². The summed E-state index contributed by atoms with van der Waals surface area (Å²) >= 11 is 0. The third kappa shape index (κ3) is 8.65. The number of amides is 1. The van der Waals surface area contributed by atoms with Crippen LogP contribution >= 0.6 is 0 Å². The highest BCUT2D eigenvalue weighted by Gasteiger charge is 2.42. The highest BCUT2D eigenvalue weighted by molar-refractivity contribution is 5.87. The molecule has 1 aromatic carbocycles. The van der Waals surface area contributed by atoms with Gasteiger partial charge < -0.3 is 19.4 Å². The fraction of sp³-hybridized carbons (Fsp3) is 0.625. The Kier molecular flexibility index (Phi) is 11.0. The molecule has 0 spiro atoms. The van der Waals surface area contributed by atoms with Crippen LogP contribution in [0.15, 0.2) is 30.3 Å². The van der Waals surface area contributed by atoms with Crippen LogP contribution < -0.4 is 5.32 Å². The molecule has 2 fully saturated rings. The number of esters is 1. The summed E-state index contributed by atoms with van der Waals surface area (Å²) in [6, 6.07) is 7.16.